The summed E-state index contributed by atoms with van der Waals surface area (Å²) in [5, 5.41) is 17.1. The fourth-order valence-electron chi connectivity index (χ4n) is 2.08. The van der Waals surface area contributed by atoms with Crippen molar-refractivity contribution in [3.63, 3.8) is 0 Å². The number of hydrogen-bond acceptors (Lipinski definition) is 7. The van der Waals surface area contributed by atoms with Crippen molar-refractivity contribution in [3.05, 3.63) is 24.3 Å². The Labute approximate surface area is 114 Å². The van der Waals surface area contributed by atoms with Gasteiger partial charge in [-0.3, -0.25) is 0 Å². The minimum atomic E-state index is -0.688. The van der Waals surface area contributed by atoms with Gasteiger partial charge in [0.05, 0.1) is 23.7 Å². The number of benzene rings is 1. The number of hydrogen-bond donors (Lipinski definition) is 3. The summed E-state index contributed by atoms with van der Waals surface area (Å²) < 4.78 is 6.42. The van der Waals surface area contributed by atoms with E-state index < -0.39 is 6.10 Å². The molecule has 0 saturated heterocycles. The van der Waals surface area contributed by atoms with E-state index in [1.807, 2.05) is 28.8 Å². The van der Waals surface area contributed by atoms with Gasteiger partial charge in [-0.1, -0.05) is 12.1 Å². The van der Waals surface area contributed by atoms with E-state index in [0.717, 1.165) is 11.0 Å². The lowest BCUT2D eigenvalue weighted by Crippen LogP contribution is -2.25. The third-order valence-corrected chi connectivity index (χ3v) is 3.05. The molecule has 20 heavy (non-hydrogen) atoms. The van der Waals surface area contributed by atoms with Crippen molar-refractivity contribution >= 4 is 16.9 Å². The zero-order valence-corrected chi connectivity index (χ0v) is 10.6. The number of nitrogens with zero attached hydrogens (tertiary/aromatic N) is 4. The van der Waals surface area contributed by atoms with Crippen LogP contribution in [0.3, 0.4) is 0 Å². The van der Waals surface area contributed by atoms with E-state index in [-0.39, 0.29) is 12.4 Å². The molecular formula is C12H14N6O2. The fraction of sp³-hybridized carbons (Fsp3) is 0.250. The summed E-state index contributed by atoms with van der Waals surface area (Å²) in [5.74, 6) is 0.654. The Kier molecular flexibility index (Phi) is 3.09. The molecule has 0 saturated carbocycles. The quantitative estimate of drug-likeness (QED) is 0.610. The van der Waals surface area contributed by atoms with E-state index in [1.54, 1.807) is 0 Å². The van der Waals surface area contributed by atoms with E-state index in [0.29, 0.717) is 18.1 Å². The van der Waals surface area contributed by atoms with E-state index in [2.05, 4.69) is 19.9 Å². The Hall–Kier alpha value is -2.45. The molecule has 0 aliphatic heterocycles. The van der Waals surface area contributed by atoms with Gasteiger partial charge in [0.2, 0.25) is 0 Å². The number of nitrogen functional groups attached to an aromatic ring is 1. The lowest BCUT2D eigenvalue weighted by Gasteiger charge is -2.11. The normalized spacial score (nSPS) is 12.9. The molecule has 0 radical (unpaired) electrons. The van der Waals surface area contributed by atoms with Crippen LogP contribution in [0.2, 0.25) is 0 Å². The third-order valence-electron chi connectivity index (χ3n) is 3.05. The molecule has 2 heterocycles. The lowest BCUT2D eigenvalue weighted by molar-refractivity contribution is 0.164. The van der Waals surface area contributed by atoms with Gasteiger partial charge in [0.15, 0.2) is 17.3 Å². The summed E-state index contributed by atoms with van der Waals surface area (Å²) in [5.41, 5.74) is 13.2. The minimum absolute atomic E-state index is 0.151. The predicted molar refractivity (Wildman–Crippen MR) is 72.5 cm³/mol. The molecule has 5 N–H and O–H groups in total. The van der Waals surface area contributed by atoms with Crippen molar-refractivity contribution < 1.29 is 9.74 Å². The van der Waals surface area contributed by atoms with Crippen molar-refractivity contribution in [2.24, 2.45) is 5.73 Å². The average molecular weight is 274 g/mol. The molecule has 2 aromatic heterocycles. The topological polar surface area (TPSA) is 129 Å². The van der Waals surface area contributed by atoms with Crippen LogP contribution in [0.5, 0.6) is 0 Å². The van der Waals surface area contributed by atoms with Crippen LogP contribution in [0.25, 0.3) is 22.6 Å². The van der Waals surface area contributed by atoms with Crippen LogP contribution in [0, 0.1) is 0 Å². The van der Waals surface area contributed by atoms with Gasteiger partial charge < -0.3 is 21.1 Å². The second-order valence-corrected chi connectivity index (χ2v) is 4.42. The zero-order chi connectivity index (χ0) is 14.1. The Morgan fingerprint density at radius 3 is 2.80 bits per heavy atom. The summed E-state index contributed by atoms with van der Waals surface area (Å²) in [6.07, 6.45) is -0.688. The molecule has 3 aromatic rings. The van der Waals surface area contributed by atoms with E-state index >= 15 is 0 Å². The molecule has 1 aromatic carbocycles. The van der Waals surface area contributed by atoms with Crippen LogP contribution in [0.15, 0.2) is 28.9 Å². The molecule has 8 heteroatoms. The smallest absolute Gasteiger partial charge is 0.199 e. The molecule has 0 bridgehead atoms. The fourth-order valence-corrected chi connectivity index (χ4v) is 2.08. The molecule has 0 amide bonds. The van der Waals surface area contributed by atoms with Gasteiger partial charge in [-0.15, -0.1) is 0 Å². The van der Waals surface area contributed by atoms with Gasteiger partial charge in [0.25, 0.3) is 0 Å². The van der Waals surface area contributed by atoms with Crippen molar-refractivity contribution in [1.82, 2.24) is 19.9 Å². The van der Waals surface area contributed by atoms with Gasteiger partial charge in [0, 0.05) is 6.54 Å². The van der Waals surface area contributed by atoms with Crippen LogP contribution in [-0.2, 0) is 6.54 Å². The zero-order valence-electron chi connectivity index (χ0n) is 10.6. The number of anilines is 1. The van der Waals surface area contributed by atoms with Crippen LogP contribution >= 0.6 is 0 Å². The van der Waals surface area contributed by atoms with Crippen molar-refractivity contribution in [1.29, 1.82) is 0 Å². The Morgan fingerprint density at radius 2 is 2.10 bits per heavy atom. The first-order valence-corrected chi connectivity index (χ1v) is 6.12. The Balaban J connectivity index is 2.20. The Bertz CT molecular complexity index is 734. The SMILES string of the molecule is NCC(O)Cn1c(-c2nonc2N)nc2ccccc21. The highest BCUT2D eigenvalue weighted by Gasteiger charge is 2.20. The standard InChI is InChI=1S/C12H14N6O2/c13-5-7(19)6-18-9-4-2-1-3-8(9)15-12(18)10-11(14)17-20-16-10/h1-4,7,19H,5-6,13H2,(H2,14,17). The van der Waals surface area contributed by atoms with Crippen LogP contribution in [0.4, 0.5) is 5.82 Å². The van der Waals surface area contributed by atoms with E-state index in [1.165, 1.54) is 0 Å². The maximum atomic E-state index is 9.82. The largest absolute Gasteiger partial charge is 0.390 e. The maximum absolute atomic E-state index is 9.82. The van der Waals surface area contributed by atoms with Gasteiger partial charge in [-0.2, -0.15) is 0 Å². The van der Waals surface area contributed by atoms with E-state index in [4.69, 9.17) is 11.5 Å². The van der Waals surface area contributed by atoms with E-state index in [9.17, 15) is 5.11 Å². The second kappa shape index (κ2) is 4.91. The second-order valence-electron chi connectivity index (χ2n) is 4.42. The first-order valence-electron chi connectivity index (χ1n) is 6.12. The number of fused-ring (bicyclic) bond motifs is 1. The number of aliphatic hydroxyl groups is 1. The number of aromatic nitrogens is 4. The van der Waals surface area contributed by atoms with Gasteiger partial charge in [-0.05, 0) is 22.4 Å². The number of para-hydroxylation sites is 2. The maximum Gasteiger partial charge on any atom is 0.199 e. The molecule has 3 rings (SSSR count). The van der Waals surface area contributed by atoms with Crippen LogP contribution in [-0.4, -0.2) is 37.6 Å². The first-order chi connectivity index (χ1) is 9.70. The molecule has 0 spiro atoms. The molecule has 0 aliphatic rings. The molecule has 1 atom stereocenters. The molecular weight excluding hydrogens is 260 g/mol. The first kappa shape index (κ1) is 12.6. The van der Waals surface area contributed by atoms with Crippen LogP contribution in [0.1, 0.15) is 0 Å². The molecule has 0 aliphatic carbocycles. The molecule has 8 nitrogen and oxygen atoms in total. The minimum Gasteiger partial charge on any atom is -0.390 e. The summed E-state index contributed by atoms with van der Waals surface area (Å²) in [7, 11) is 0. The van der Waals surface area contributed by atoms with Gasteiger partial charge >= 0.3 is 0 Å². The van der Waals surface area contributed by atoms with Crippen molar-refractivity contribution in [2.45, 2.75) is 12.6 Å². The molecule has 104 valence electrons. The summed E-state index contributed by atoms with van der Waals surface area (Å²) in [6, 6.07) is 7.55. The highest BCUT2D eigenvalue weighted by molar-refractivity contribution is 5.81. The third kappa shape index (κ3) is 2.00. The van der Waals surface area contributed by atoms with Gasteiger partial charge in [0.1, 0.15) is 0 Å². The van der Waals surface area contributed by atoms with Crippen molar-refractivity contribution in [2.75, 3.05) is 12.3 Å². The van der Waals surface area contributed by atoms with Crippen molar-refractivity contribution in [3.8, 4) is 11.5 Å². The monoisotopic (exact) mass is 274 g/mol. The summed E-state index contributed by atoms with van der Waals surface area (Å²) in [4.78, 5) is 4.47. The number of nitrogens with two attached hydrogens (primary N) is 2. The predicted octanol–water partition coefficient (Wildman–Crippen LogP) is -0.0119. The molecule has 0 fully saturated rings. The number of aliphatic hydroxyl groups excluding tert-OH is 1. The summed E-state index contributed by atoms with van der Waals surface area (Å²) in [6.45, 7) is 0.442. The average Bonchev–Trinajstić information content (AvgIpc) is 3.03. The van der Waals surface area contributed by atoms with Crippen LogP contribution < -0.4 is 11.5 Å². The molecule has 1 unspecified atom stereocenters. The lowest BCUT2D eigenvalue weighted by atomic mass is 10.3. The summed E-state index contributed by atoms with van der Waals surface area (Å²) >= 11 is 0. The number of rotatable bonds is 4. The Morgan fingerprint density at radius 1 is 1.30 bits per heavy atom. The number of imidazole rings is 1. The van der Waals surface area contributed by atoms with Gasteiger partial charge in [-0.25, -0.2) is 9.61 Å². The highest BCUT2D eigenvalue weighted by Crippen LogP contribution is 2.26. The highest BCUT2D eigenvalue weighted by atomic mass is 16.6.